The van der Waals surface area contributed by atoms with Crippen LogP contribution in [0.1, 0.15) is 52.9 Å². The van der Waals surface area contributed by atoms with Gasteiger partial charge in [-0.05, 0) is 46.5 Å². The first-order valence-electron chi connectivity index (χ1n) is 8.72. The van der Waals surface area contributed by atoms with Crippen LogP contribution in [0.15, 0.2) is 0 Å². The summed E-state index contributed by atoms with van der Waals surface area (Å²) >= 11 is 0. The van der Waals surface area contributed by atoms with Gasteiger partial charge in [0.1, 0.15) is 5.60 Å². The number of likely N-dealkylation sites (tertiary alicyclic amines) is 1. The standard InChI is InChI=1S/C16H29N3O5S/c1-16(2,3)24-15(21)18-12-4-6-13(7-5-12)19-9-11(8-14(19)20)10-25(17,22)23/h11-13H,4-10H2,1-3H3,(H,18,21)(H2,17,22,23). The number of nitrogens with one attached hydrogen (secondary N) is 1. The molecule has 9 heteroatoms. The van der Waals surface area contributed by atoms with E-state index < -0.39 is 21.7 Å². The van der Waals surface area contributed by atoms with E-state index in [0.717, 1.165) is 25.7 Å². The average molecular weight is 375 g/mol. The summed E-state index contributed by atoms with van der Waals surface area (Å²) in [7, 11) is -3.56. The van der Waals surface area contributed by atoms with Gasteiger partial charge in [0, 0.05) is 31.0 Å². The zero-order chi connectivity index (χ0) is 18.8. The largest absolute Gasteiger partial charge is 0.444 e. The zero-order valence-corrected chi connectivity index (χ0v) is 16.0. The lowest BCUT2D eigenvalue weighted by atomic mass is 9.90. The second-order valence-corrected chi connectivity index (χ2v) is 9.76. The van der Waals surface area contributed by atoms with E-state index in [4.69, 9.17) is 9.88 Å². The predicted octanol–water partition coefficient (Wildman–Crippen LogP) is 0.959. The topological polar surface area (TPSA) is 119 Å². The number of carbonyl (C=O) groups excluding carboxylic acids is 2. The average Bonchev–Trinajstić information content (AvgIpc) is 2.75. The molecule has 0 bridgehead atoms. The van der Waals surface area contributed by atoms with Crippen LogP contribution in [0.5, 0.6) is 0 Å². The van der Waals surface area contributed by atoms with Crippen LogP contribution in [0.2, 0.25) is 0 Å². The molecule has 3 N–H and O–H groups in total. The minimum Gasteiger partial charge on any atom is -0.444 e. The third-order valence-electron chi connectivity index (χ3n) is 4.56. The molecule has 1 heterocycles. The van der Waals surface area contributed by atoms with E-state index in [0.29, 0.717) is 6.54 Å². The second kappa shape index (κ2) is 7.49. The number of nitrogens with two attached hydrogens (primary N) is 1. The molecule has 1 aliphatic heterocycles. The SMILES string of the molecule is CC(C)(C)OC(=O)NC1CCC(N2CC(CS(N)(=O)=O)CC2=O)CC1. The fraction of sp³-hybridized carbons (Fsp3) is 0.875. The molecule has 1 saturated heterocycles. The van der Waals surface area contributed by atoms with E-state index in [9.17, 15) is 18.0 Å². The number of nitrogens with zero attached hydrogens (tertiary/aromatic N) is 1. The molecule has 144 valence electrons. The monoisotopic (exact) mass is 375 g/mol. The van der Waals surface area contributed by atoms with Crippen molar-refractivity contribution in [3.8, 4) is 0 Å². The van der Waals surface area contributed by atoms with Crippen molar-refractivity contribution >= 4 is 22.0 Å². The molecule has 0 spiro atoms. The number of carbonyl (C=O) groups is 2. The highest BCUT2D eigenvalue weighted by molar-refractivity contribution is 7.89. The van der Waals surface area contributed by atoms with Crippen molar-refractivity contribution in [3.05, 3.63) is 0 Å². The summed E-state index contributed by atoms with van der Waals surface area (Å²) in [5.41, 5.74) is -0.526. The summed E-state index contributed by atoms with van der Waals surface area (Å²) in [5, 5.41) is 7.96. The highest BCUT2D eigenvalue weighted by Crippen LogP contribution is 2.29. The second-order valence-electron chi connectivity index (χ2n) is 8.10. The van der Waals surface area contributed by atoms with E-state index in [1.54, 1.807) is 4.90 Å². The van der Waals surface area contributed by atoms with Crippen LogP contribution in [0.4, 0.5) is 4.79 Å². The molecule has 0 radical (unpaired) electrons. The molecule has 2 rings (SSSR count). The summed E-state index contributed by atoms with van der Waals surface area (Å²) in [5.74, 6) is -0.373. The first kappa shape index (κ1) is 20.0. The molecule has 2 fully saturated rings. The van der Waals surface area contributed by atoms with Crippen molar-refractivity contribution in [3.63, 3.8) is 0 Å². The lowest BCUT2D eigenvalue weighted by Crippen LogP contribution is -2.45. The highest BCUT2D eigenvalue weighted by Gasteiger charge is 2.37. The maximum absolute atomic E-state index is 12.2. The van der Waals surface area contributed by atoms with Crippen LogP contribution < -0.4 is 10.5 Å². The maximum Gasteiger partial charge on any atom is 0.407 e. The van der Waals surface area contributed by atoms with Gasteiger partial charge in [-0.25, -0.2) is 18.4 Å². The molecule has 0 aromatic heterocycles. The zero-order valence-electron chi connectivity index (χ0n) is 15.2. The molecular formula is C16H29N3O5S. The quantitative estimate of drug-likeness (QED) is 0.758. The Morgan fingerprint density at radius 2 is 1.88 bits per heavy atom. The summed E-state index contributed by atoms with van der Waals surface area (Å²) < 4.78 is 27.7. The van der Waals surface area contributed by atoms with Crippen molar-refractivity contribution < 1.29 is 22.7 Å². The molecule has 0 aromatic rings. The van der Waals surface area contributed by atoms with Crippen molar-refractivity contribution in [2.24, 2.45) is 11.1 Å². The number of primary sulfonamides is 1. The normalized spacial score (nSPS) is 28.1. The summed E-state index contributed by atoms with van der Waals surface area (Å²) in [6, 6.07) is 0.152. The van der Waals surface area contributed by atoms with Gasteiger partial charge in [-0.3, -0.25) is 4.79 Å². The highest BCUT2D eigenvalue weighted by atomic mass is 32.2. The number of alkyl carbamates (subject to hydrolysis) is 1. The molecule has 0 aromatic carbocycles. The Morgan fingerprint density at radius 3 is 2.40 bits per heavy atom. The van der Waals surface area contributed by atoms with E-state index in [1.807, 2.05) is 20.8 Å². The van der Waals surface area contributed by atoms with Crippen LogP contribution in [0.3, 0.4) is 0 Å². The predicted molar refractivity (Wildman–Crippen MR) is 93.2 cm³/mol. The number of hydrogen-bond donors (Lipinski definition) is 2. The van der Waals surface area contributed by atoms with Crippen LogP contribution in [-0.2, 0) is 19.6 Å². The van der Waals surface area contributed by atoms with E-state index >= 15 is 0 Å². The number of rotatable bonds is 4. The van der Waals surface area contributed by atoms with Crippen molar-refractivity contribution in [2.45, 2.75) is 70.6 Å². The van der Waals surface area contributed by atoms with E-state index in [-0.39, 0.29) is 36.1 Å². The first-order valence-corrected chi connectivity index (χ1v) is 10.4. The van der Waals surface area contributed by atoms with Crippen LogP contribution in [0, 0.1) is 5.92 Å². The van der Waals surface area contributed by atoms with Crippen molar-refractivity contribution in [1.29, 1.82) is 0 Å². The van der Waals surface area contributed by atoms with Crippen LogP contribution in [0.25, 0.3) is 0 Å². The molecule has 1 atom stereocenters. The number of ether oxygens (including phenoxy) is 1. The lowest BCUT2D eigenvalue weighted by Gasteiger charge is -2.35. The molecule has 2 amide bonds. The Kier molecular flexibility index (Phi) is 5.98. The Hall–Kier alpha value is -1.35. The van der Waals surface area contributed by atoms with Gasteiger partial charge in [-0.2, -0.15) is 0 Å². The molecule has 8 nitrogen and oxygen atoms in total. The minimum atomic E-state index is -3.56. The summed E-state index contributed by atoms with van der Waals surface area (Å²) in [6.45, 7) is 5.91. The number of sulfonamides is 1. The van der Waals surface area contributed by atoms with Gasteiger partial charge >= 0.3 is 6.09 Å². The minimum absolute atomic E-state index is 0.00259. The Morgan fingerprint density at radius 1 is 1.28 bits per heavy atom. The summed E-state index contributed by atoms with van der Waals surface area (Å²) in [6.07, 6.45) is 2.94. The lowest BCUT2D eigenvalue weighted by molar-refractivity contribution is -0.130. The molecule has 1 aliphatic carbocycles. The third-order valence-corrected chi connectivity index (χ3v) is 5.50. The van der Waals surface area contributed by atoms with Crippen molar-refractivity contribution in [2.75, 3.05) is 12.3 Å². The van der Waals surface area contributed by atoms with Crippen LogP contribution >= 0.6 is 0 Å². The molecule has 25 heavy (non-hydrogen) atoms. The molecular weight excluding hydrogens is 346 g/mol. The number of amides is 2. The molecule has 1 saturated carbocycles. The van der Waals surface area contributed by atoms with Gasteiger partial charge < -0.3 is 15.0 Å². The fourth-order valence-electron chi connectivity index (χ4n) is 3.61. The van der Waals surface area contributed by atoms with Gasteiger partial charge in [0.2, 0.25) is 15.9 Å². The maximum atomic E-state index is 12.2. The van der Waals surface area contributed by atoms with E-state index in [1.165, 1.54) is 0 Å². The van der Waals surface area contributed by atoms with Gasteiger partial charge in [-0.1, -0.05) is 0 Å². The number of hydrogen-bond acceptors (Lipinski definition) is 5. The fourth-order valence-corrected chi connectivity index (χ4v) is 4.49. The Balaban J connectivity index is 1.80. The third kappa shape index (κ3) is 6.47. The van der Waals surface area contributed by atoms with Crippen LogP contribution in [-0.4, -0.2) is 55.3 Å². The Labute approximate surface area is 149 Å². The van der Waals surface area contributed by atoms with Crippen molar-refractivity contribution in [1.82, 2.24) is 10.2 Å². The van der Waals surface area contributed by atoms with Gasteiger partial charge in [0.25, 0.3) is 0 Å². The van der Waals surface area contributed by atoms with Gasteiger partial charge in [0.05, 0.1) is 5.75 Å². The summed E-state index contributed by atoms with van der Waals surface area (Å²) in [4.78, 5) is 25.8. The molecule has 1 unspecified atom stereocenters. The molecule has 2 aliphatic rings. The Bertz CT molecular complexity index is 606. The first-order chi connectivity index (χ1) is 11.4. The van der Waals surface area contributed by atoms with E-state index in [2.05, 4.69) is 5.32 Å². The van der Waals surface area contributed by atoms with Gasteiger partial charge in [-0.15, -0.1) is 0 Å². The smallest absolute Gasteiger partial charge is 0.407 e. The van der Waals surface area contributed by atoms with Gasteiger partial charge in [0.15, 0.2) is 0 Å².